The van der Waals surface area contributed by atoms with Crippen molar-refractivity contribution >= 4 is 28.9 Å². The maximum absolute atomic E-state index is 12.2. The molecule has 1 atom stereocenters. The van der Waals surface area contributed by atoms with Gasteiger partial charge in [0, 0.05) is 20.7 Å². The Morgan fingerprint density at radius 2 is 2.09 bits per heavy atom. The van der Waals surface area contributed by atoms with Gasteiger partial charge in [-0.2, -0.15) is 0 Å². The molecule has 2 heterocycles. The number of H-pyrrole nitrogens is 1. The Balaban J connectivity index is 2.61. The van der Waals surface area contributed by atoms with Gasteiger partial charge in [0.2, 0.25) is 0 Å². The van der Waals surface area contributed by atoms with Crippen LogP contribution in [0.4, 0.5) is 0 Å². The van der Waals surface area contributed by atoms with Gasteiger partial charge in [0.05, 0.1) is 13.7 Å². The van der Waals surface area contributed by atoms with Crippen molar-refractivity contribution in [2.24, 2.45) is 7.05 Å². The van der Waals surface area contributed by atoms with Crippen molar-refractivity contribution < 1.29 is 14.3 Å². The van der Waals surface area contributed by atoms with Gasteiger partial charge in [-0.1, -0.05) is 11.8 Å². The molecule has 0 radical (unpaired) electrons. The predicted octanol–water partition coefficient (Wildman–Crippen LogP) is -0.277. The monoisotopic (exact) mass is 342 g/mol. The highest BCUT2D eigenvalue weighted by Crippen LogP contribution is 2.25. The number of nitrogens with zero attached hydrogens (tertiary/aromatic N) is 3. The molecule has 0 amide bonds. The van der Waals surface area contributed by atoms with Crippen molar-refractivity contribution in [2.45, 2.75) is 23.9 Å². The van der Waals surface area contributed by atoms with Crippen LogP contribution in [0.2, 0.25) is 0 Å². The highest BCUT2D eigenvalue weighted by molar-refractivity contribution is 8.00. The summed E-state index contributed by atoms with van der Waals surface area (Å²) >= 11 is 1.16. The standard InChI is InChI=1S/C13H18N4O5S/c1-7(11(19)22-4)23-13-14-9-8(17(13)5-6-21-3)10(18)15-12(20)16(9)2/h7H,5-6H2,1-4H3,(H,15,18,20)/t7-/m1/s1. The third-order valence-electron chi connectivity index (χ3n) is 3.31. The second-order valence-electron chi connectivity index (χ2n) is 4.81. The number of thioether (sulfide) groups is 1. The molecule has 2 rings (SSSR count). The second-order valence-corrected chi connectivity index (χ2v) is 6.12. The molecular weight excluding hydrogens is 324 g/mol. The maximum Gasteiger partial charge on any atom is 0.329 e. The fraction of sp³-hybridized carbons (Fsp3) is 0.538. The van der Waals surface area contributed by atoms with E-state index in [1.54, 1.807) is 18.6 Å². The molecule has 0 fully saturated rings. The molecule has 2 aromatic rings. The smallest absolute Gasteiger partial charge is 0.329 e. The molecule has 0 aliphatic carbocycles. The maximum atomic E-state index is 12.2. The first-order valence-electron chi connectivity index (χ1n) is 6.83. The summed E-state index contributed by atoms with van der Waals surface area (Å²) in [4.78, 5) is 42.1. The van der Waals surface area contributed by atoms with Crippen molar-refractivity contribution in [1.82, 2.24) is 19.1 Å². The predicted molar refractivity (Wildman–Crippen MR) is 84.8 cm³/mol. The fourth-order valence-corrected chi connectivity index (χ4v) is 3.02. The van der Waals surface area contributed by atoms with Gasteiger partial charge < -0.3 is 14.0 Å². The molecule has 1 N–H and O–H groups in total. The number of hydrogen-bond acceptors (Lipinski definition) is 7. The molecule has 0 unspecified atom stereocenters. The zero-order valence-corrected chi connectivity index (χ0v) is 14.1. The molecule has 0 bridgehead atoms. The number of rotatable bonds is 6. The van der Waals surface area contributed by atoms with Gasteiger partial charge in [0.25, 0.3) is 5.56 Å². The molecule has 10 heteroatoms. The summed E-state index contributed by atoms with van der Waals surface area (Å²) in [6, 6.07) is 0. The molecule has 0 saturated heterocycles. The van der Waals surface area contributed by atoms with Crippen molar-refractivity contribution in [2.75, 3.05) is 20.8 Å². The number of imidazole rings is 1. The minimum absolute atomic E-state index is 0.259. The van der Waals surface area contributed by atoms with Crippen LogP contribution < -0.4 is 11.2 Å². The summed E-state index contributed by atoms with van der Waals surface area (Å²) in [7, 11) is 4.37. The Kier molecular flexibility index (Phi) is 5.26. The van der Waals surface area contributed by atoms with Gasteiger partial charge >= 0.3 is 11.7 Å². The average molecular weight is 342 g/mol. The summed E-state index contributed by atoms with van der Waals surface area (Å²) in [6.07, 6.45) is 0. The molecule has 0 aromatic carbocycles. The highest BCUT2D eigenvalue weighted by atomic mass is 32.2. The first kappa shape index (κ1) is 17.3. The molecular formula is C13H18N4O5S. The Hall–Kier alpha value is -2.07. The van der Waals surface area contributed by atoms with Gasteiger partial charge in [-0.3, -0.25) is 19.1 Å². The number of nitrogens with one attached hydrogen (secondary N) is 1. The second kappa shape index (κ2) is 7.01. The first-order valence-corrected chi connectivity index (χ1v) is 7.71. The number of ether oxygens (including phenoxy) is 2. The minimum Gasteiger partial charge on any atom is -0.468 e. The van der Waals surface area contributed by atoms with Crippen LogP contribution >= 0.6 is 11.8 Å². The van der Waals surface area contributed by atoms with Crippen molar-refractivity contribution in [3.63, 3.8) is 0 Å². The van der Waals surface area contributed by atoms with E-state index in [0.717, 1.165) is 11.8 Å². The topological polar surface area (TPSA) is 108 Å². The SMILES string of the molecule is COCCn1c(S[C@H](C)C(=O)OC)nc2c1c(=O)[nH]c(=O)n2C. The van der Waals surface area contributed by atoms with E-state index >= 15 is 0 Å². The van der Waals surface area contributed by atoms with E-state index in [-0.39, 0.29) is 11.2 Å². The third kappa shape index (κ3) is 3.32. The van der Waals surface area contributed by atoms with Gasteiger partial charge in [0.15, 0.2) is 16.3 Å². The Labute approximate surface area is 135 Å². The van der Waals surface area contributed by atoms with Gasteiger partial charge in [-0.15, -0.1) is 0 Å². The summed E-state index contributed by atoms with van der Waals surface area (Å²) < 4.78 is 12.7. The van der Waals surface area contributed by atoms with Crippen LogP contribution in [0.25, 0.3) is 11.2 Å². The van der Waals surface area contributed by atoms with Crippen LogP contribution in [0.5, 0.6) is 0 Å². The number of carbonyl (C=O) groups is 1. The van der Waals surface area contributed by atoms with Gasteiger partial charge in [-0.05, 0) is 6.92 Å². The van der Waals surface area contributed by atoms with E-state index in [2.05, 4.69) is 9.97 Å². The Bertz CT molecular complexity index is 837. The number of aryl methyl sites for hydroxylation is 1. The van der Waals surface area contributed by atoms with E-state index in [4.69, 9.17) is 9.47 Å². The molecule has 0 spiro atoms. The Morgan fingerprint density at radius 1 is 1.39 bits per heavy atom. The summed E-state index contributed by atoms with van der Waals surface area (Å²) in [5, 5.41) is -0.0594. The van der Waals surface area contributed by atoms with E-state index < -0.39 is 22.5 Å². The van der Waals surface area contributed by atoms with Crippen LogP contribution in [-0.4, -0.2) is 51.1 Å². The molecule has 2 aromatic heterocycles. The number of esters is 1. The first-order chi connectivity index (χ1) is 10.9. The third-order valence-corrected chi connectivity index (χ3v) is 4.37. The number of aromatic amines is 1. The van der Waals surface area contributed by atoms with Crippen molar-refractivity contribution in [1.29, 1.82) is 0 Å². The molecule has 23 heavy (non-hydrogen) atoms. The quantitative estimate of drug-likeness (QED) is 0.568. The molecule has 0 aliphatic heterocycles. The lowest BCUT2D eigenvalue weighted by Gasteiger charge is -2.10. The zero-order valence-electron chi connectivity index (χ0n) is 13.3. The number of hydrogen-bond donors (Lipinski definition) is 1. The van der Waals surface area contributed by atoms with Crippen molar-refractivity contribution in [3.8, 4) is 0 Å². The van der Waals surface area contributed by atoms with Gasteiger partial charge in [-0.25, -0.2) is 9.78 Å². The lowest BCUT2D eigenvalue weighted by atomic mass is 10.5. The fourth-order valence-electron chi connectivity index (χ4n) is 2.07. The van der Waals surface area contributed by atoms with Crippen LogP contribution in [0.1, 0.15) is 6.92 Å². The minimum atomic E-state index is -0.545. The summed E-state index contributed by atoms with van der Waals surface area (Å²) in [6.45, 7) is 2.40. The molecule has 9 nitrogen and oxygen atoms in total. The molecule has 0 saturated carbocycles. The normalized spacial score (nSPS) is 12.5. The van der Waals surface area contributed by atoms with Crippen LogP contribution in [0, 0.1) is 0 Å². The van der Waals surface area contributed by atoms with Crippen LogP contribution in [0.15, 0.2) is 14.7 Å². The Morgan fingerprint density at radius 3 is 2.70 bits per heavy atom. The number of fused-ring (bicyclic) bond motifs is 1. The van der Waals surface area contributed by atoms with Gasteiger partial charge in [0.1, 0.15) is 5.25 Å². The largest absolute Gasteiger partial charge is 0.468 e. The number of aromatic nitrogens is 4. The molecule has 0 aliphatic rings. The lowest BCUT2D eigenvalue weighted by molar-refractivity contribution is -0.139. The van der Waals surface area contributed by atoms with E-state index in [1.165, 1.54) is 18.7 Å². The van der Waals surface area contributed by atoms with E-state index in [0.29, 0.717) is 18.3 Å². The van der Waals surface area contributed by atoms with Crippen molar-refractivity contribution in [3.05, 3.63) is 20.8 Å². The van der Waals surface area contributed by atoms with Crippen LogP contribution in [-0.2, 0) is 27.9 Å². The zero-order chi connectivity index (χ0) is 17.1. The van der Waals surface area contributed by atoms with E-state index in [9.17, 15) is 14.4 Å². The average Bonchev–Trinajstić information content (AvgIpc) is 2.88. The highest BCUT2D eigenvalue weighted by Gasteiger charge is 2.22. The number of methoxy groups -OCH3 is 2. The molecule has 126 valence electrons. The van der Waals surface area contributed by atoms with E-state index in [1.807, 2.05) is 0 Å². The summed E-state index contributed by atoms with van der Waals surface area (Å²) in [5.41, 5.74) is -0.543. The summed E-state index contributed by atoms with van der Waals surface area (Å²) in [5.74, 6) is -0.400. The van der Waals surface area contributed by atoms with Crippen LogP contribution in [0.3, 0.4) is 0 Å². The lowest BCUT2D eigenvalue weighted by Crippen LogP contribution is -2.29. The number of carbonyl (C=O) groups excluding carboxylic acids is 1.